The molecular weight excluding hydrogens is 426 g/mol. The molecular formula is C23H19N5O3S. The molecule has 0 unspecified atom stereocenters. The Labute approximate surface area is 187 Å². The second kappa shape index (κ2) is 8.35. The summed E-state index contributed by atoms with van der Waals surface area (Å²) in [5, 5.41) is 2.69. The Kier molecular flexibility index (Phi) is 5.24. The molecule has 3 aromatic heterocycles. The molecule has 2 amide bonds. The summed E-state index contributed by atoms with van der Waals surface area (Å²) >= 11 is 1.49. The summed E-state index contributed by atoms with van der Waals surface area (Å²) in [6, 6.07) is 10.9. The zero-order valence-electron chi connectivity index (χ0n) is 17.0. The molecule has 0 bridgehead atoms. The number of benzene rings is 1. The standard InChI is InChI=1S/C23H19N5O3S/c29-20(17-14-26-18-16(6-7-24-19(17)18)21-25-8-13-32-21)23(31)28-11-9-27(10-12-28)22(30)15-4-2-1-3-5-15/h1-8,13-14,26H,9-12H2. The van der Waals surface area contributed by atoms with Gasteiger partial charge < -0.3 is 14.8 Å². The fourth-order valence-electron chi connectivity index (χ4n) is 3.87. The molecule has 0 aliphatic carbocycles. The maximum atomic E-state index is 13.0. The van der Waals surface area contributed by atoms with Crippen molar-refractivity contribution in [2.24, 2.45) is 0 Å². The second-order valence-electron chi connectivity index (χ2n) is 7.40. The van der Waals surface area contributed by atoms with Gasteiger partial charge in [0.05, 0.1) is 16.6 Å². The van der Waals surface area contributed by atoms with Crippen molar-refractivity contribution >= 4 is 40.0 Å². The zero-order chi connectivity index (χ0) is 22.1. The lowest BCUT2D eigenvalue weighted by atomic mass is 10.1. The zero-order valence-corrected chi connectivity index (χ0v) is 17.8. The highest BCUT2D eigenvalue weighted by Crippen LogP contribution is 2.30. The van der Waals surface area contributed by atoms with Crippen molar-refractivity contribution in [2.45, 2.75) is 0 Å². The number of rotatable bonds is 4. The summed E-state index contributed by atoms with van der Waals surface area (Å²) in [6.07, 6.45) is 4.86. The number of hydrogen-bond donors (Lipinski definition) is 1. The lowest BCUT2D eigenvalue weighted by molar-refractivity contribution is -0.127. The molecule has 1 saturated heterocycles. The molecule has 1 aliphatic rings. The van der Waals surface area contributed by atoms with Crippen LogP contribution in [-0.4, -0.2) is 68.5 Å². The predicted octanol–water partition coefficient (Wildman–Crippen LogP) is 2.85. The highest BCUT2D eigenvalue weighted by molar-refractivity contribution is 7.13. The topological polar surface area (TPSA) is 99.3 Å². The third kappa shape index (κ3) is 3.56. The molecule has 4 heterocycles. The number of carbonyl (C=O) groups is 3. The van der Waals surface area contributed by atoms with Crippen LogP contribution in [0.5, 0.6) is 0 Å². The second-order valence-corrected chi connectivity index (χ2v) is 8.30. The summed E-state index contributed by atoms with van der Waals surface area (Å²) in [5.74, 6) is -1.26. The number of aromatic nitrogens is 3. The molecule has 1 aromatic carbocycles. The maximum Gasteiger partial charge on any atom is 0.295 e. The molecule has 0 atom stereocenters. The van der Waals surface area contributed by atoms with Gasteiger partial charge in [-0.2, -0.15) is 0 Å². The highest BCUT2D eigenvalue weighted by Gasteiger charge is 2.30. The largest absolute Gasteiger partial charge is 0.359 e. The Morgan fingerprint density at radius 3 is 2.38 bits per heavy atom. The van der Waals surface area contributed by atoms with Gasteiger partial charge in [0.1, 0.15) is 5.01 Å². The SMILES string of the molecule is O=C(C(=O)N1CCN(C(=O)c2ccccc2)CC1)c1c[nH]c2c(-c3nccs3)ccnc12. The van der Waals surface area contributed by atoms with Gasteiger partial charge >= 0.3 is 0 Å². The summed E-state index contributed by atoms with van der Waals surface area (Å²) in [7, 11) is 0. The van der Waals surface area contributed by atoms with Gasteiger partial charge in [-0.3, -0.25) is 19.4 Å². The lowest BCUT2D eigenvalue weighted by Crippen LogP contribution is -2.52. The third-order valence-corrected chi connectivity index (χ3v) is 6.35. The Morgan fingerprint density at radius 2 is 1.66 bits per heavy atom. The van der Waals surface area contributed by atoms with E-state index in [1.165, 1.54) is 22.4 Å². The van der Waals surface area contributed by atoms with Crippen molar-refractivity contribution in [1.29, 1.82) is 0 Å². The fourth-order valence-corrected chi connectivity index (χ4v) is 4.54. The molecule has 1 fully saturated rings. The molecule has 0 spiro atoms. The van der Waals surface area contributed by atoms with Gasteiger partial charge in [-0.1, -0.05) is 18.2 Å². The first-order valence-corrected chi connectivity index (χ1v) is 11.1. The first kappa shape index (κ1) is 20.1. The molecule has 0 radical (unpaired) electrons. The molecule has 32 heavy (non-hydrogen) atoms. The summed E-state index contributed by atoms with van der Waals surface area (Å²) in [4.78, 5) is 53.5. The van der Waals surface area contributed by atoms with Crippen molar-refractivity contribution in [3.63, 3.8) is 0 Å². The number of pyridine rings is 1. The average molecular weight is 446 g/mol. The normalized spacial score (nSPS) is 14.0. The van der Waals surface area contributed by atoms with E-state index in [1.54, 1.807) is 29.4 Å². The number of carbonyl (C=O) groups excluding carboxylic acids is 3. The number of nitrogens with one attached hydrogen (secondary N) is 1. The van der Waals surface area contributed by atoms with Crippen molar-refractivity contribution in [2.75, 3.05) is 26.2 Å². The summed E-state index contributed by atoms with van der Waals surface area (Å²) in [6.45, 7) is 1.38. The molecule has 5 rings (SSSR count). The van der Waals surface area contributed by atoms with Crippen LogP contribution in [-0.2, 0) is 4.79 Å². The molecule has 8 nitrogen and oxygen atoms in total. The molecule has 1 aliphatic heterocycles. The number of thiazole rings is 1. The van der Waals surface area contributed by atoms with Crippen LogP contribution in [0.25, 0.3) is 21.6 Å². The summed E-state index contributed by atoms with van der Waals surface area (Å²) in [5.41, 5.74) is 2.82. The number of Topliss-reactive ketones (excluding diaryl/α,β-unsaturated/α-hetero) is 1. The number of fused-ring (bicyclic) bond motifs is 1. The van der Waals surface area contributed by atoms with E-state index in [4.69, 9.17) is 0 Å². The van der Waals surface area contributed by atoms with Crippen LogP contribution in [0.2, 0.25) is 0 Å². The average Bonchev–Trinajstić information content (AvgIpc) is 3.53. The molecule has 4 aromatic rings. The van der Waals surface area contributed by atoms with E-state index < -0.39 is 11.7 Å². The van der Waals surface area contributed by atoms with E-state index in [2.05, 4.69) is 15.0 Å². The predicted molar refractivity (Wildman–Crippen MR) is 120 cm³/mol. The Morgan fingerprint density at radius 1 is 0.906 bits per heavy atom. The van der Waals surface area contributed by atoms with Crippen LogP contribution < -0.4 is 0 Å². The van der Waals surface area contributed by atoms with Crippen molar-refractivity contribution in [1.82, 2.24) is 24.8 Å². The number of amides is 2. The number of aromatic amines is 1. The van der Waals surface area contributed by atoms with Gasteiger partial charge in [0.2, 0.25) is 0 Å². The first-order chi connectivity index (χ1) is 15.6. The van der Waals surface area contributed by atoms with Gasteiger partial charge in [-0.05, 0) is 18.2 Å². The van der Waals surface area contributed by atoms with Crippen LogP contribution in [0.1, 0.15) is 20.7 Å². The van der Waals surface area contributed by atoms with E-state index in [9.17, 15) is 14.4 Å². The van der Waals surface area contributed by atoms with E-state index in [0.717, 1.165) is 10.6 Å². The van der Waals surface area contributed by atoms with Crippen LogP contribution >= 0.6 is 11.3 Å². The van der Waals surface area contributed by atoms with Crippen molar-refractivity contribution in [3.8, 4) is 10.6 Å². The third-order valence-electron chi connectivity index (χ3n) is 5.54. The van der Waals surface area contributed by atoms with Gasteiger partial charge in [0, 0.05) is 61.3 Å². The number of nitrogens with zero attached hydrogens (tertiary/aromatic N) is 4. The molecule has 0 saturated carbocycles. The van der Waals surface area contributed by atoms with E-state index in [-0.39, 0.29) is 11.5 Å². The van der Waals surface area contributed by atoms with Crippen molar-refractivity contribution in [3.05, 3.63) is 71.5 Å². The van der Waals surface area contributed by atoms with Crippen LogP contribution in [0.15, 0.2) is 60.4 Å². The Balaban J connectivity index is 1.31. The van der Waals surface area contributed by atoms with Crippen LogP contribution in [0, 0.1) is 0 Å². The Bertz CT molecular complexity index is 1290. The number of H-pyrrole nitrogens is 1. The highest BCUT2D eigenvalue weighted by atomic mass is 32.1. The molecule has 160 valence electrons. The van der Waals surface area contributed by atoms with E-state index in [1.807, 2.05) is 29.6 Å². The lowest BCUT2D eigenvalue weighted by Gasteiger charge is -2.34. The minimum atomic E-state index is -0.608. The quantitative estimate of drug-likeness (QED) is 0.385. The monoisotopic (exact) mass is 445 g/mol. The number of piperazine rings is 1. The van der Waals surface area contributed by atoms with Gasteiger partial charge in [-0.25, -0.2) is 4.98 Å². The van der Waals surface area contributed by atoms with Crippen LogP contribution in [0.3, 0.4) is 0 Å². The minimum Gasteiger partial charge on any atom is -0.359 e. The number of ketones is 1. The summed E-state index contributed by atoms with van der Waals surface area (Å²) < 4.78 is 0. The minimum absolute atomic E-state index is 0.0698. The van der Waals surface area contributed by atoms with E-state index >= 15 is 0 Å². The van der Waals surface area contributed by atoms with E-state index in [0.29, 0.717) is 42.8 Å². The number of hydrogen-bond acceptors (Lipinski definition) is 6. The van der Waals surface area contributed by atoms with Crippen LogP contribution in [0.4, 0.5) is 0 Å². The van der Waals surface area contributed by atoms with Crippen molar-refractivity contribution < 1.29 is 14.4 Å². The fraction of sp³-hybridized carbons (Fsp3) is 0.174. The smallest absolute Gasteiger partial charge is 0.295 e. The molecule has 9 heteroatoms. The van der Waals surface area contributed by atoms with Gasteiger partial charge in [-0.15, -0.1) is 11.3 Å². The Hall–Kier alpha value is -3.85. The first-order valence-electron chi connectivity index (χ1n) is 10.2. The molecule has 1 N–H and O–H groups in total. The van der Waals surface area contributed by atoms with Gasteiger partial charge in [0.25, 0.3) is 17.6 Å². The maximum absolute atomic E-state index is 13.0. The van der Waals surface area contributed by atoms with Gasteiger partial charge in [0.15, 0.2) is 0 Å².